The van der Waals surface area contributed by atoms with Crippen molar-refractivity contribution in [1.29, 1.82) is 0 Å². The molecule has 0 saturated carbocycles. The highest BCUT2D eigenvalue weighted by atomic mass is 16.7. The zero-order valence-corrected chi connectivity index (χ0v) is 11.7. The van der Waals surface area contributed by atoms with Crippen molar-refractivity contribution in [3.8, 4) is 11.5 Å². The molecule has 0 bridgehead atoms. The van der Waals surface area contributed by atoms with Crippen molar-refractivity contribution in [2.24, 2.45) is 0 Å². The largest absolute Gasteiger partial charge is 0.507 e. The quantitative estimate of drug-likeness (QED) is 0.502. The maximum absolute atomic E-state index is 12.0. The van der Waals surface area contributed by atoms with Crippen LogP contribution in [0.25, 0.3) is 6.08 Å². The van der Waals surface area contributed by atoms with E-state index in [0.29, 0.717) is 5.75 Å². The van der Waals surface area contributed by atoms with E-state index in [2.05, 4.69) is 0 Å². The highest BCUT2D eigenvalue weighted by Crippen LogP contribution is 2.18. The van der Waals surface area contributed by atoms with Crippen LogP contribution >= 0.6 is 0 Å². The van der Waals surface area contributed by atoms with Crippen molar-refractivity contribution >= 4 is 11.9 Å². The van der Waals surface area contributed by atoms with Gasteiger partial charge in [-0.3, -0.25) is 4.79 Å². The lowest BCUT2D eigenvalue weighted by atomic mass is 10.1. The summed E-state index contributed by atoms with van der Waals surface area (Å²) in [5.74, 6) is 0.384. The molecule has 0 aliphatic rings. The molecule has 2 aromatic carbocycles. The molecule has 4 nitrogen and oxygen atoms in total. The van der Waals surface area contributed by atoms with E-state index in [0.717, 1.165) is 5.56 Å². The molecule has 4 heteroatoms. The predicted octanol–water partition coefficient (Wildman–Crippen LogP) is 3.27. The van der Waals surface area contributed by atoms with Gasteiger partial charge in [-0.25, -0.2) is 0 Å². The Hall–Kier alpha value is -2.59. The Kier molecular flexibility index (Phi) is 5.12. The summed E-state index contributed by atoms with van der Waals surface area (Å²) in [7, 11) is 1.55. The van der Waals surface area contributed by atoms with Gasteiger partial charge in [0.25, 0.3) is 0 Å². The number of aromatic hydroxyl groups is 1. The number of para-hydroxylation sites is 1. The molecule has 0 heterocycles. The van der Waals surface area contributed by atoms with E-state index in [1.165, 1.54) is 12.1 Å². The molecule has 21 heavy (non-hydrogen) atoms. The molecule has 0 fully saturated rings. The summed E-state index contributed by atoms with van der Waals surface area (Å²) in [4.78, 5) is 12.0. The lowest BCUT2D eigenvalue weighted by molar-refractivity contribution is 0.0511. The van der Waals surface area contributed by atoms with Gasteiger partial charge in [-0.05, 0) is 35.9 Å². The molecule has 0 atom stereocenters. The smallest absolute Gasteiger partial charge is 0.189 e. The molecule has 2 rings (SSSR count). The predicted molar refractivity (Wildman–Crippen MR) is 80.4 cm³/mol. The van der Waals surface area contributed by atoms with Gasteiger partial charge in [0, 0.05) is 7.11 Å². The monoisotopic (exact) mass is 284 g/mol. The number of hydrogen-bond donors (Lipinski definition) is 1. The van der Waals surface area contributed by atoms with Crippen LogP contribution < -0.4 is 4.74 Å². The molecule has 108 valence electrons. The third-order valence-corrected chi connectivity index (χ3v) is 2.80. The minimum absolute atomic E-state index is 0.0238. The van der Waals surface area contributed by atoms with E-state index in [1.807, 2.05) is 12.1 Å². The molecule has 0 spiro atoms. The normalized spacial score (nSPS) is 10.7. The number of benzene rings is 2. The molecule has 0 radical (unpaired) electrons. The lowest BCUT2D eigenvalue weighted by Gasteiger charge is -2.04. The highest BCUT2D eigenvalue weighted by molar-refractivity contribution is 6.08. The molecular weight excluding hydrogens is 268 g/mol. The van der Waals surface area contributed by atoms with Crippen LogP contribution in [0.4, 0.5) is 0 Å². The van der Waals surface area contributed by atoms with Gasteiger partial charge >= 0.3 is 0 Å². The molecule has 0 saturated heterocycles. The van der Waals surface area contributed by atoms with Crippen molar-refractivity contribution in [2.45, 2.75) is 0 Å². The van der Waals surface area contributed by atoms with E-state index in [-0.39, 0.29) is 23.9 Å². The summed E-state index contributed by atoms with van der Waals surface area (Å²) in [5, 5.41) is 9.63. The number of phenolic OH excluding ortho intramolecular Hbond substituents is 1. The number of allylic oxidation sites excluding steroid dienone is 1. The van der Waals surface area contributed by atoms with E-state index in [1.54, 1.807) is 43.5 Å². The van der Waals surface area contributed by atoms with Gasteiger partial charge in [0.15, 0.2) is 12.6 Å². The van der Waals surface area contributed by atoms with Crippen LogP contribution in [-0.4, -0.2) is 24.8 Å². The SMILES string of the molecule is COCOc1cccc(/C=C/C(=O)c2ccccc2O)c1. The number of phenols is 1. The van der Waals surface area contributed by atoms with Crippen molar-refractivity contribution in [3.63, 3.8) is 0 Å². The average Bonchev–Trinajstić information content (AvgIpc) is 2.51. The van der Waals surface area contributed by atoms with Gasteiger partial charge in [-0.15, -0.1) is 0 Å². The van der Waals surface area contributed by atoms with Crippen LogP contribution in [0.15, 0.2) is 54.6 Å². The first kappa shape index (κ1) is 14.8. The maximum atomic E-state index is 12.0. The van der Waals surface area contributed by atoms with Gasteiger partial charge < -0.3 is 14.6 Å². The average molecular weight is 284 g/mol. The summed E-state index contributed by atoms with van der Waals surface area (Å²) in [6, 6.07) is 13.7. The molecule has 0 aliphatic carbocycles. The second-order valence-electron chi connectivity index (χ2n) is 4.34. The van der Waals surface area contributed by atoms with Crippen LogP contribution in [0.2, 0.25) is 0 Å². The Bertz CT molecular complexity index is 647. The standard InChI is InChI=1S/C17H16O4/c1-20-12-21-14-6-4-5-13(11-14)9-10-17(19)15-7-2-3-8-16(15)18/h2-11,18H,12H2,1H3/b10-9+. The summed E-state index contributed by atoms with van der Waals surface area (Å²) in [6.45, 7) is 0.171. The fourth-order valence-corrected chi connectivity index (χ4v) is 1.78. The minimum atomic E-state index is -0.253. The van der Waals surface area contributed by atoms with E-state index < -0.39 is 0 Å². The first-order valence-electron chi connectivity index (χ1n) is 6.43. The molecule has 1 N–H and O–H groups in total. The lowest BCUT2D eigenvalue weighted by Crippen LogP contribution is -1.98. The minimum Gasteiger partial charge on any atom is -0.507 e. The Morgan fingerprint density at radius 2 is 2.00 bits per heavy atom. The van der Waals surface area contributed by atoms with E-state index >= 15 is 0 Å². The highest BCUT2D eigenvalue weighted by Gasteiger charge is 2.06. The topological polar surface area (TPSA) is 55.8 Å². The number of ether oxygens (including phenoxy) is 2. The van der Waals surface area contributed by atoms with Gasteiger partial charge in [-0.1, -0.05) is 30.3 Å². The van der Waals surface area contributed by atoms with Crippen LogP contribution in [-0.2, 0) is 4.74 Å². The maximum Gasteiger partial charge on any atom is 0.189 e. The molecule has 0 aromatic heterocycles. The molecule has 0 aliphatic heterocycles. The van der Waals surface area contributed by atoms with Crippen molar-refractivity contribution in [2.75, 3.05) is 13.9 Å². The summed E-state index contributed by atoms with van der Waals surface area (Å²) in [5.41, 5.74) is 1.10. The first-order chi connectivity index (χ1) is 10.2. The molecule has 2 aromatic rings. The fraction of sp³-hybridized carbons (Fsp3) is 0.118. The van der Waals surface area contributed by atoms with Crippen molar-refractivity contribution in [3.05, 3.63) is 65.7 Å². The first-order valence-corrected chi connectivity index (χ1v) is 6.43. The molecule has 0 unspecified atom stereocenters. The number of hydrogen-bond acceptors (Lipinski definition) is 4. The number of carbonyl (C=O) groups excluding carboxylic acids is 1. The van der Waals surface area contributed by atoms with Crippen LogP contribution in [0, 0.1) is 0 Å². The number of rotatable bonds is 6. The zero-order valence-electron chi connectivity index (χ0n) is 11.7. The number of methoxy groups -OCH3 is 1. The fourth-order valence-electron chi connectivity index (χ4n) is 1.78. The third-order valence-electron chi connectivity index (χ3n) is 2.80. The number of carbonyl (C=O) groups is 1. The van der Waals surface area contributed by atoms with Crippen molar-refractivity contribution in [1.82, 2.24) is 0 Å². The summed E-state index contributed by atoms with van der Waals surface area (Å²) >= 11 is 0. The van der Waals surface area contributed by atoms with Gasteiger partial charge in [0.1, 0.15) is 11.5 Å². The second kappa shape index (κ2) is 7.26. The van der Waals surface area contributed by atoms with Crippen LogP contribution in [0.5, 0.6) is 11.5 Å². The Morgan fingerprint density at radius 3 is 2.76 bits per heavy atom. The Morgan fingerprint density at radius 1 is 1.19 bits per heavy atom. The molecule has 0 amide bonds. The summed E-state index contributed by atoms with van der Waals surface area (Å²) in [6.07, 6.45) is 3.10. The van der Waals surface area contributed by atoms with Crippen molar-refractivity contribution < 1.29 is 19.4 Å². The van der Waals surface area contributed by atoms with Crippen LogP contribution in [0.3, 0.4) is 0 Å². The molecular formula is C17H16O4. The zero-order chi connectivity index (χ0) is 15.1. The van der Waals surface area contributed by atoms with Gasteiger partial charge in [0.2, 0.25) is 0 Å². The van der Waals surface area contributed by atoms with E-state index in [9.17, 15) is 9.90 Å². The van der Waals surface area contributed by atoms with Crippen LogP contribution in [0.1, 0.15) is 15.9 Å². The summed E-state index contributed by atoms with van der Waals surface area (Å²) < 4.78 is 10.2. The van der Waals surface area contributed by atoms with Gasteiger partial charge in [-0.2, -0.15) is 0 Å². The second-order valence-corrected chi connectivity index (χ2v) is 4.34. The third kappa shape index (κ3) is 4.19. The number of ketones is 1. The van der Waals surface area contributed by atoms with Gasteiger partial charge in [0.05, 0.1) is 5.56 Å². The Labute approximate surface area is 123 Å². The Balaban J connectivity index is 2.10. The van der Waals surface area contributed by atoms with E-state index in [4.69, 9.17) is 9.47 Å².